The van der Waals surface area contributed by atoms with Gasteiger partial charge in [-0.2, -0.15) is 5.10 Å². The van der Waals surface area contributed by atoms with Crippen LogP contribution < -0.4 is 5.32 Å². The molecule has 1 heterocycles. The average molecular weight is 279 g/mol. The zero-order valence-corrected chi connectivity index (χ0v) is 13.3. The molecule has 0 aromatic carbocycles. The monoisotopic (exact) mass is 279 g/mol. The number of rotatable bonds is 8. The maximum atomic E-state index is 9.74. The lowest BCUT2D eigenvalue weighted by Gasteiger charge is -2.32. The van der Waals surface area contributed by atoms with Crippen molar-refractivity contribution in [1.82, 2.24) is 15.1 Å². The number of hydrogen-bond donors (Lipinski definition) is 2. The average Bonchev–Trinajstić information content (AvgIpc) is 3.13. The van der Waals surface area contributed by atoms with Crippen LogP contribution in [0.4, 0.5) is 0 Å². The summed E-state index contributed by atoms with van der Waals surface area (Å²) in [6, 6.07) is 3.11. The van der Waals surface area contributed by atoms with Gasteiger partial charge in [0.1, 0.15) is 0 Å². The van der Waals surface area contributed by atoms with Crippen molar-refractivity contribution in [2.75, 3.05) is 6.61 Å². The highest BCUT2D eigenvalue weighted by molar-refractivity contribution is 5.11. The summed E-state index contributed by atoms with van der Waals surface area (Å²) in [6.07, 6.45) is 5.36. The number of nitrogens with zero attached hydrogens (tertiary/aromatic N) is 2. The number of nitrogens with one attached hydrogen (secondary N) is 1. The van der Waals surface area contributed by atoms with Crippen LogP contribution in [-0.2, 0) is 12.8 Å². The molecule has 0 saturated heterocycles. The van der Waals surface area contributed by atoms with E-state index in [0.717, 1.165) is 25.0 Å². The first-order valence-electron chi connectivity index (χ1n) is 7.97. The molecule has 1 aromatic heterocycles. The summed E-state index contributed by atoms with van der Waals surface area (Å²) in [7, 11) is 0. The van der Waals surface area contributed by atoms with Gasteiger partial charge in [-0.25, -0.2) is 0 Å². The van der Waals surface area contributed by atoms with Gasteiger partial charge in [0.15, 0.2) is 0 Å². The Kier molecular flexibility index (Phi) is 4.86. The molecule has 4 heteroatoms. The van der Waals surface area contributed by atoms with Crippen LogP contribution in [0.15, 0.2) is 6.07 Å². The van der Waals surface area contributed by atoms with Crippen LogP contribution in [-0.4, -0.2) is 33.1 Å². The number of aliphatic hydroxyl groups is 1. The summed E-state index contributed by atoms with van der Waals surface area (Å²) in [4.78, 5) is 0. The highest BCUT2D eigenvalue weighted by atomic mass is 16.3. The molecule has 4 nitrogen and oxygen atoms in total. The topological polar surface area (TPSA) is 50.1 Å². The lowest BCUT2D eigenvalue weighted by atomic mass is 9.94. The zero-order chi connectivity index (χ0) is 14.8. The molecule has 0 spiro atoms. The minimum atomic E-state index is -0.204. The fourth-order valence-electron chi connectivity index (χ4n) is 2.94. The highest BCUT2D eigenvalue weighted by Gasteiger charge is 2.33. The SMILES string of the molecule is CCc1cc(CC)n(C(C)CC(C)(CO)NC2CC2)n1. The fraction of sp³-hybridized carbons (Fsp3) is 0.812. The maximum Gasteiger partial charge on any atom is 0.0624 e. The van der Waals surface area contributed by atoms with E-state index in [2.05, 4.69) is 43.8 Å². The molecule has 1 saturated carbocycles. The van der Waals surface area contributed by atoms with Crippen molar-refractivity contribution in [3.8, 4) is 0 Å². The molecular formula is C16H29N3O. The van der Waals surface area contributed by atoms with Gasteiger partial charge in [-0.05, 0) is 52.0 Å². The first kappa shape index (κ1) is 15.5. The second kappa shape index (κ2) is 6.27. The molecule has 0 bridgehead atoms. The molecule has 20 heavy (non-hydrogen) atoms. The van der Waals surface area contributed by atoms with E-state index in [-0.39, 0.29) is 12.1 Å². The zero-order valence-electron chi connectivity index (χ0n) is 13.3. The van der Waals surface area contributed by atoms with Crippen LogP contribution >= 0.6 is 0 Å². The molecule has 1 aromatic rings. The van der Waals surface area contributed by atoms with Gasteiger partial charge < -0.3 is 10.4 Å². The van der Waals surface area contributed by atoms with E-state index in [9.17, 15) is 5.11 Å². The van der Waals surface area contributed by atoms with Crippen LogP contribution in [0.25, 0.3) is 0 Å². The predicted molar refractivity (Wildman–Crippen MR) is 82.0 cm³/mol. The summed E-state index contributed by atoms with van der Waals surface area (Å²) in [5.41, 5.74) is 2.25. The van der Waals surface area contributed by atoms with E-state index in [1.807, 2.05) is 0 Å². The summed E-state index contributed by atoms with van der Waals surface area (Å²) in [6.45, 7) is 8.82. The third-order valence-corrected chi connectivity index (χ3v) is 4.23. The van der Waals surface area contributed by atoms with E-state index in [0.29, 0.717) is 12.1 Å². The Morgan fingerprint density at radius 1 is 1.45 bits per heavy atom. The minimum absolute atomic E-state index is 0.178. The van der Waals surface area contributed by atoms with E-state index in [1.54, 1.807) is 0 Å². The van der Waals surface area contributed by atoms with Crippen LogP contribution in [0.1, 0.15) is 64.4 Å². The smallest absolute Gasteiger partial charge is 0.0624 e. The molecule has 2 N–H and O–H groups in total. The molecule has 1 aliphatic rings. The van der Waals surface area contributed by atoms with Crippen molar-refractivity contribution >= 4 is 0 Å². The summed E-state index contributed by atoms with van der Waals surface area (Å²) >= 11 is 0. The molecule has 2 atom stereocenters. The minimum Gasteiger partial charge on any atom is -0.394 e. The molecular weight excluding hydrogens is 250 g/mol. The standard InChI is InChI=1S/C16H29N3O/c1-5-13-9-15(6-2)19(18-13)12(3)10-16(4,11-20)17-14-7-8-14/h9,12,14,17,20H,5-8,10-11H2,1-4H3. The first-order valence-corrected chi connectivity index (χ1v) is 7.97. The van der Waals surface area contributed by atoms with Gasteiger partial charge in [0.25, 0.3) is 0 Å². The van der Waals surface area contributed by atoms with E-state index in [1.165, 1.54) is 18.5 Å². The van der Waals surface area contributed by atoms with Gasteiger partial charge in [0, 0.05) is 17.3 Å². The fourth-order valence-corrected chi connectivity index (χ4v) is 2.94. The molecule has 2 rings (SSSR count). The van der Waals surface area contributed by atoms with Crippen LogP contribution in [0.2, 0.25) is 0 Å². The molecule has 1 fully saturated rings. The Hall–Kier alpha value is -0.870. The van der Waals surface area contributed by atoms with Crippen LogP contribution in [0.3, 0.4) is 0 Å². The second-order valence-electron chi connectivity index (χ2n) is 6.47. The molecule has 1 aliphatic carbocycles. The van der Waals surface area contributed by atoms with Gasteiger partial charge in [-0.3, -0.25) is 4.68 Å². The molecule has 0 radical (unpaired) electrons. The number of aromatic nitrogens is 2. The number of aryl methyl sites for hydroxylation is 2. The lowest BCUT2D eigenvalue weighted by molar-refractivity contribution is 0.146. The van der Waals surface area contributed by atoms with E-state index in [4.69, 9.17) is 5.10 Å². The summed E-state index contributed by atoms with van der Waals surface area (Å²) < 4.78 is 2.15. The van der Waals surface area contributed by atoms with Gasteiger partial charge >= 0.3 is 0 Å². The molecule has 0 aliphatic heterocycles. The van der Waals surface area contributed by atoms with Crippen molar-refractivity contribution in [2.24, 2.45) is 0 Å². The van der Waals surface area contributed by atoms with Crippen LogP contribution in [0.5, 0.6) is 0 Å². The van der Waals surface area contributed by atoms with Crippen molar-refractivity contribution in [1.29, 1.82) is 0 Å². The summed E-state index contributed by atoms with van der Waals surface area (Å²) in [5, 5.41) is 18.0. The lowest BCUT2D eigenvalue weighted by Crippen LogP contribution is -2.48. The van der Waals surface area contributed by atoms with E-state index >= 15 is 0 Å². The first-order chi connectivity index (χ1) is 9.51. The van der Waals surface area contributed by atoms with Crippen molar-refractivity contribution in [3.63, 3.8) is 0 Å². The molecule has 114 valence electrons. The Morgan fingerprint density at radius 2 is 2.15 bits per heavy atom. The predicted octanol–water partition coefficient (Wildman–Crippen LogP) is 2.46. The molecule has 0 amide bonds. The Labute approximate surface area is 122 Å². The highest BCUT2D eigenvalue weighted by Crippen LogP contribution is 2.28. The van der Waals surface area contributed by atoms with Crippen molar-refractivity contribution in [3.05, 3.63) is 17.5 Å². The second-order valence-corrected chi connectivity index (χ2v) is 6.47. The largest absolute Gasteiger partial charge is 0.394 e. The third kappa shape index (κ3) is 3.61. The summed E-state index contributed by atoms with van der Waals surface area (Å²) in [5.74, 6) is 0. The third-order valence-electron chi connectivity index (χ3n) is 4.23. The number of aliphatic hydroxyl groups excluding tert-OH is 1. The Morgan fingerprint density at radius 3 is 2.65 bits per heavy atom. The maximum absolute atomic E-state index is 9.74. The quantitative estimate of drug-likeness (QED) is 0.768. The van der Waals surface area contributed by atoms with E-state index < -0.39 is 0 Å². The van der Waals surface area contributed by atoms with Gasteiger partial charge in [0.05, 0.1) is 18.3 Å². The van der Waals surface area contributed by atoms with Gasteiger partial charge in [-0.15, -0.1) is 0 Å². The Balaban J connectivity index is 2.09. The van der Waals surface area contributed by atoms with Crippen molar-refractivity contribution < 1.29 is 5.11 Å². The molecule has 2 unspecified atom stereocenters. The Bertz CT molecular complexity index is 439. The normalized spacial score (nSPS) is 19.9. The number of hydrogen-bond acceptors (Lipinski definition) is 3. The van der Waals surface area contributed by atoms with Crippen LogP contribution in [0, 0.1) is 0 Å². The van der Waals surface area contributed by atoms with Gasteiger partial charge in [-0.1, -0.05) is 13.8 Å². The van der Waals surface area contributed by atoms with Crippen molar-refractivity contribution in [2.45, 2.75) is 77.4 Å². The van der Waals surface area contributed by atoms with Gasteiger partial charge in [0.2, 0.25) is 0 Å².